The van der Waals surface area contributed by atoms with Crippen molar-refractivity contribution in [1.82, 2.24) is 0 Å². The summed E-state index contributed by atoms with van der Waals surface area (Å²) < 4.78 is 15.6. The van der Waals surface area contributed by atoms with Crippen LogP contribution in [0.2, 0.25) is 0 Å². The lowest BCUT2D eigenvalue weighted by molar-refractivity contribution is -0.0803. The molecule has 0 unspecified atom stereocenters. The van der Waals surface area contributed by atoms with Crippen LogP contribution in [-0.4, -0.2) is 24.4 Å². The molecule has 1 N–H and O–H groups in total. The summed E-state index contributed by atoms with van der Waals surface area (Å²) in [5.74, 6) is 0.644. The van der Waals surface area contributed by atoms with Gasteiger partial charge < -0.3 is 19.0 Å². The molecule has 1 saturated heterocycles. The van der Waals surface area contributed by atoms with Gasteiger partial charge in [-0.15, -0.1) is 0 Å². The van der Waals surface area contributed by atoms with Gasteiger partial charge in [-0.25, -0.2) is 0 Å². The molecule has 2 rings (SSSR count). The highest BCUT2D eigenvalue weighted by Gasteiger charge is 2.28. The van der Waals surface area contributed by atoms with Crippen LogP contribution < -0.4 is 0 Å². The first kappa shape index (κ1) is 7.79. The minimum Gasteiger partial charge on any atom is -0.464 e. The van der Waals surface area contributed by atoms with Crippen molar-refractivity contribution in [2.24, 2.45) is 0 Å². The largest absolute Gasteiger partial charge is 0.464 e. The van der Waals surface area contributed by atoms with Crippen molar-refractivity contribution in [2.75, 3.05) is 13.2 Å². The molecule has 1 aromatic rings. The SMILES string of the molecule is OC[C@@H]1CO[C@H](c2ccco2)O1. The molecule has 0 radical (unpaired) electrons. The highest BCUT2D eigenvalue weighted by Crippen LogP contribution is 2.26. The Hall–Kier alpha value is -0.840. The van der Waals surface area contributed by atoms with E-state index < -0.39 is 6.29 Å². The van der Waals surface area contributed by atoms with Gasteiger partial charge in [0.2, 0.25) is 6.29 Å². The lowest BCUT2D eigenvalue weighted by Gasteiger charge is -2.05. The van der Waals surface area contributed by atoms with Gasteiger partial charge in [-0.1, -0.05) is 0 Å². The van der Waals surface area contributed by atoms with Crippen LogP contribution in [0.15, 0.2) is 22.8 Å². The van der Waals surface area contributed by atoms with Crippen molar-refractivity contribution in [3.05, 3.63) is 24.2 Å². The quantitative estimate of drug-likeness (QED) is 0.709. The molecule has 0 bridgehead atoms. The summed E-state index contributed by atoms with van der Waals surface area (Å²) in [6.45, 7) is 0.402. The van der Waals surface area contributed by atoms with Gasteiger partial charge >= 0.3 is 0 Å². The zero-order valence-corrected chi connectivity index (χ0v) is 6.47. The molecule has 2 heterocycles. The van der Waals surface area contributed by atoms with Crippen LogP contribution >= 0.6 is 0 Å². The van der Waals surface area contributed by atoms with Gasteiger partial charge in [0.05, 0.1) is 19.5 Å². The predicted molar refractivity (Wildman–Crippen MR) is 39.4 cm³/mol. The summed E-state index contributed by atoms with van der Waals surface area (Å²) in [4.78, 5) is 0. The van der Waals surface area contributed by atoms with E-state index in [0.717, 1.165) is 0 Å². The molecule has 66 valence electrons. The van der Waals surface area contributed by atoms with E-state index in [0.29, 0.717) is 12.4 Å². The Labute approximate surface area is 69.7 Å². The molecule has 0 aliphatic carbocycles. The average Bonchev–Trinajstić information content (AvgIpc) is 2.75. The van der Waals surface area contributed by atoms with Crippen molar-refractivity contribution >= 4 is 0 Å². The number of rotatable bonds is 2. The highest BCUT2D eigenvalue weighted by atomic mass is 16.7. The van der Waals surface area contributed by atoms with Gasteiger partial charge in [-0.3, -0.25) is 0 Å². The van der Waals surface area contributed by atoms with Crippen LogP contribution in [0.3, 0.4) is 0 Å². The fourth-order valence-electron chi connectivity index (χ4n) is 1.12. The standard InChI is InChI=1S/C8H10O4/c9-4-6-5-11-8(12-6)7-2-1-3-10-7/h1-3,6,8-9H,4-5H2/t6-,8+/m1/s1. The molecule has 0 saturated carbocycles. The molecule has 0 spiro atoms. The Bertz CT molecular complexity index is 231. The normalized spacial score (nSPS) is 29.4. The van der Waals surface area contributed by atoms with Crippen LogP contribution in [0, 0.1) is 0 Å². The van der Waals surface area contributed by atoms with Crippen molar-refractivity contribution in [3.63, 3.8) is 0 Å². The van der Waals surface area contributed by atoms with Gasteiger partial charge in [0, 0.05) is 0 Å². The average molecular weight is 170 g/mol. The molecular weight excluding hydrogens is 160 g/mol. The second-order valence-electron chi connectivity index (χ2n) is 2.62. The van der Waals surface area contributed by atoms with Gasteiger partial charge in [0.25, 0.3) is 0 Å². The van der Waals surface area contributed by atoms with E-state index in [9.17, 15) is 0 Å². The molecule has 4 nitrogen and oxygen atoms in total. The summed E-state index contributed by atoms with van der Waals surface area (Å²) in [6, 6.07) is 3.55. The second-order valence-corrected chi connectivity index (χ2v) is 2.62. The van der Waals surface area contributed by atoms with Gasteiger partial charge in [-0.05, 0) is 12.1 Å². The number of hydrogen-bond acceptors (Lipinski definition) is 4. The van der Waals surface area contributed by atoms with Gasteiger partial charge in [-0.2, -0.15) is 0 Å². The van der Waals surface area contributed by atoms with Crippen LogP contribution in [0.1, 0.15) is 12.1 Å². The number of furan rings is 1. The second kappa shape index (κ2) is 3.26. The molecule has 1 aromatic heterocycles. The van der Waals surface area contributed by atoms with Crippen molar-refractivity contribution in [3.8, 4) is 0 Å². The zero-order chi connectivity index (χ0) is 8.39. The Balaban J connectivity index is 2.00. The van der Waals surface area contributed by atoms with Crippen molar-refractivity contribution < 1.29 is 19.0 Å². The highest BCUT2D eigenvalue weighted by molar-refractivity contribution is 5.00. The Kier molecular flexibility index (Phi) is 2.12. The van der Waals surface area contributed by atoms with E-state index in [1.165, 1.54) is 0 Å². The van der Waals surface area contributed by atoms with Crippen LogP contribution in [0.25, 0.3) is 0 Å². The number of ether oxygens (including phenoxy) is 2. The Morgan fingerprint density at radius 2 is 2.50 bits per heavy atom. The third-order valence-corrected chi connectivity index (χ3v) is 1.73. The van der Waals surface area contributed by atoms with Crippen LogP contribution in [0.4, 0.5) is 0 Å². The monoisotopic (exact) mass is 170 g/mol. The lowest BCUT2D eigenvalue weighted by Crippen LogP contribution is -2.14. The molecule has 4 heteroatoms. The summed E-state index contributed by atoms with van der Waals surface area (Å²) in [5, 5.41) is 8.75. The van der Waals surface area contributed by atoms with E-state index in [1.807, 2.05) is 0 Å². The smallest absolute Gasteiger partial charge is 0.217 e. The number of hydrogen-bond donors (Lipinski definition) is 1. The third-order valence-electron chi connectivity index (χ3n) is 1.73. The molecule has 0 aromatic carbocycles. The molecular formula is C8H10O4. The third kappa shape index (κ3) is 1.36. The molecule has 1 aliphatic rings. The minimum absolute atomic E-state index is 0.0167. The van der Waals surface area contributed by atoms with Crippen LogP contribution in [0.5, 0.6) is 0 Å². The van der Waals surface area contributed by atoms with E-state index in [-0.39, 0.29) is 12.7 Å². The first-order chi connectivity index (χ1) is 5.90. The molecule has 2 atom stereocenters. The minimum atomic E-state index is -0.447. The van der Waals surface area contributed by atoms with Crippen molar-refractivity contribution in [2.45, 2.75) is 12.4 Å². The van der Waals surface area contributed by atoms with Crippen LogP contribution in [-0.2, 0) is 9.47 Å². The van der Waals surface area contributed by atoms with Crippen molar-refractivity contribution in [1.29, 1.82) is 0 Å². The summed E-state index contributed by atoms with van der Waals surface area (Å²) in [7, 11) is 0. The number of aliphatic hydroxyl groups excluding tert-OH is 1. The van der Waals surface area contributed by atoms with E-state index in [1.54, 1.807) is 18.4 Å². The maximum atomic E-state index is 8.75. The van der Waals surface area contributed by atoms with E-state index in [2.05, 4.69) is 0 Å². The predicted octanol–water partition coefficient (Wildman–Crippen LogP) is 0.686. The van der Waals surface area contributed by atoms with E-state index >= 15 is 0 Å². The summed E-state index contributed by atoms with van der Waals surface area (Å²) in [6.07, 6.45) is 0.895. The Morgan fingerprint density at radius 1 is 1.58 bits per heavy atom. The van der Waals surface area contributed by atoms with E-state index in [4.69, 9.17) is 19.0 Å². The molecule has 0 amide bonds. The zero-order valence-electron chi connectivity index (χ0n) is 6.47. The fourth-order valence-corrected chi connectivity index (χ4v) is 1.12. The topological polar surface area (TPSA) is 51.8 Å². The molecule has 12 heavy (non-hydrogen) atoms. The maximum absolute atomic E-state index is 8.75. The van der Waals surface area contributed by atoms with Gasteiger partial charge in [0.15, 0.2) is 5.76 Å². The van der Waals surface area contributed by atoms with Gasteiger partial charge in [0.1, 0.15) is 6.10 Å². The fraction of sp³-hybridized carbons (Fsp3) is 0.500. The number of aliphatic hydroxyl groups is 1. The summed E-state index contributed by atoms with van der Waals surface area (Å²) in [5.41, 5.74) is 0. The summed E-state index contributed by atoms with van der Waals surface area (Å²) >= 11 is 0. The lowest BCUT2D eigenvalue weighted by atomic mass is 10.4. The maximum Gasteiger partial charge on any atom is 0.217 e. The first-order valence-electron chi connectivity index (χ1n) is 3.81. The molecule has 1 fully saturated rings. The Morgan fingerprint density at radius 3 is 3.08 bits per heavy atom. The first-order valence-corrected chi connectivity index (χ1v) is 3.81. The molecule has 1 aliphatic heterocycles.